The largest absolute Gasteiger partial charge is 0.490 e. The van der Waals surface area contributed by atoms with Crippen molar-refractivity contribution in [2.45, 2.75) is 168 Å². The van der Waals surface area contributed by atoms with E-state index < -0.39 is 97.0 Å². The summed E-state index contributed by atoms with van der Waals surface area (Å²) in [6.07, 6.45) is 3.48. The second-order valence-electron chi connectivity index (χ2n) is 17.7. The van der Waals surface area contributed by atoms with Crippen molar-refractivity contribution in [3.63, 3.8) is 0 Å². The molecule has 2 fully saturated rings. The first-order valence-electron chi connectivity index (χ1n) is 22.1. The van der Waals surface area contributed by atoms with Gasteiger partial charge in [-0.3, -0.25) is 0 Å². The zero-order valence-electron chi connectivity index (χ0n) is 39.1. The van der Waals surface area contributed by atoms with Gasteiger partial charge in [-0.1, -0.05) is 89.1 Å². The highest BCUT2D eigenvalue weighted by Crippen LogP contribution is 2.44. The van der Waals surface area contributed by atoms with E-state index in [9.17, 15) is 30.0 Å². The molecular weight excluding hydrogens is 803 g/mol. The van der Waals surface area contributed by atoms with E-state index in [1.54, 1.807) is 39.8 Å². The van der Waals surface area contributed by atoms with Gasteiger partial charge < -0.3 is 64.1 Å². The fourth-order valence-electron chi connectivity index (χ4n) is 9.24. The van der Waals surface area contributed by atoms with Gasteiger partial charge in [0.15, 0.2) is 18.2 Å². The average Bonchev–Trinajstić information content (AvgIpc) is 3.22. The molecule has 1 amide bonds. The maximum atomic E-state index is 14.0. The van der Waals surface area contributed by atoms with Crippen LogP contribution in [0, 0.1) is 35.5 Å². The molecule has 15 nitrogen and oxygen atoms in total. The first-order chi connectivity index (χ1) is 29.2. The van der Waals surface area contributed by atoms with E-state index in [4.69, 9.17) is 43.6 Å². The molecule has 18 atom stereocenters. The molecule has 62 heavy (non-hydrogen) atoms. The lowest BCUT2D eigenvalue weighted by Gasteiger charge is -2.51. The van der Waals surface area contributed by atoms with E-state index in [1.807, 2.05) is 71.9 Å². The van der Waals surface area contributed by atoms with Crippen LogP contribution in [0.4, 0.5) is 4.79 Å². The Bertz CT molecular complexity index is 1580. The molecule has 3 aliphatic heterocycles. The lowest BCUT2D eigenvalue weighted by atomic mass is 9.77. The summed E-state index contributed by atoms with van der Waals surface area (Å²) < 4.78 is 48.4. The minimum absolute atomic E-state index is 0.0119. The third-order valence-electron chi connectivity index (χ3n) is 13.1. The monoisotopic (exact) mass is 880 g/mol. The molecule has 3 heterocycles. The Morgan fingerprint density at radius 2 is 1.76 bits per heavy atom. The van der Waals surface area contributed by atoms with Crippen LogP contribution in [-0.2, 0) is 42.7 Å². The number of cyclic esters (lactones) is 1. The van der Waals surface area contributed by atoms with E-state index in [2.05, 4.69) is 0 Å². The van der Waals surface area contributed by atoms with Crippen LogP contribution in [0.3, 0.4) is 0 Å². The molecule has 6 N–H and O–H groups in total. The minimum Gasteiger partial charge on any atom is -0.490 e. The highest BCUT2D eigenvalue weighted by atomic mass is 16.7. The minimum atomic E-state index is -1.43. The Balaban J connectivity index is 2.04. The number of rotatable bonds is 12. The Morgan fingerprint density at radius 3 is 2.32 bits per heavy atom. The Labute approximate surface area is 369 Å². The number of carbonyl (C=O) groups is 2. The summed E-state index contributed by atoms with van der Waals surface area (Å²) in [4.78, 5) is 25.5. The molecule has 3 aliphatic rings. The molecule has 0 aliphatic carbocycles. The SMILES string of the molecule is C/C=C/[C@H]1O[C@@](OC)([C@@H](C)[C@H](O)[C@H](C)C2OC(=O)/C(OC)=C/C(C)=C/[C@@H](C)[C@@H](O)C(CC)[C@@H](O)[C@H](C)C/C(C)=C/C=C[C@@H]2OC)C[C@@H](O[C@H]2C[C@@H](O)[C@H](OC(N)=O)[C@@H](C)O2)[C@@H]1C. The number of esters is 1. The lowest BCUT2D eigenvalue weighted by molar-refractivity contribution is -0.346. The lowest BCUT2D eigenvalue weighted by Crippen LogP contribution is -2.60. The van der Waals surface area contributed by atoms with Crippen molar-refractivity contribution in [3.8, 4) is 0 Å². The fraction of sp³-hybridized carbons (Fsp3) is 0.745. The molecule has 0 saturated carbocycles. The quantitative estimate of drug-likeness (QED) is 0.119. The van der Waals surface area contributed by atoms with Gasteiger partial charge in [-0.25, -0.2) is 9.59 Å². The number of hydrogen-bond acceptors (Lipinski definition) is 14. The molecule has 0 aromatic rings. The van der Waals surface area contributed by atoms with Gasteiger partial charge >= 0.3 is 12.1 Å². The summed E-state index contributed by atoms with van der Waals surface area (Å²) in [7, 11) is 4.36. The number of ether oxygens (including phenoxy) is 8. The molecule has 0 radical (unpaired) electrons. The van der Waals surface area contributed by atoms with Gasteiger partial charge in [0.25, 0.3) is 0 Å². The highest BCUT2D eigenvalue weighted by Gasteiger charge is 2.54. The van der Waals surface area contributed by atoms with Crippen LogP contribution in [0.1, 0.15) is 94.9 Å². The van der Waals surface area contributed by atoms with Crippen LogP contribution in [0.25, 0.3) is 0 Å². The van der Waals surface area contributed by atoms with Gasteiger partial charge in [0.05, 0.1) is 49.8 Å². The zero-order valence-corrected chi connectivity index (χ0v) is 39.1. The second kappa shape index (κ2) is 24.2. The molecule has 0 aromatic heterocycles. The van der Waals surface area contributed by atoms with Crippen molar-refractivity contribution < 1.29 is 67.9 Å². The van der Waals surface area contributed by atoms with Crippen molar-refractivity contribution >= 4 is 12.1 Å². The maximum absolute atomic E-state index is 14.0. The molecule has 2 unspecified atom stereocenters. The van der Waals surface area contributed by atoms with Crippen LogP contribution >= 0.6 is 0 Å². The topological polar surface area (TPSA) is 215 Å². The van der Waals surface area contributed by atoms with Crippen LogP contribution in [0.15, 0.2) is 59.4 Å². The number of methoxy groups -OCH3 is 3. The highest BCUT2D eigenvalue weighted by molar-refractivity contribution is 5.87. The standard InChI is InChI=1S/C47H77NO14/c1-14-17-35-29(7)38(59-39-23-34(49)44(32(10)58-39)61-46(48)54)24-47(57-13,62-35)31(9)42(52)30(8)43-36(55-11)19-16-18-25(3)20-27(5)40(50)33(15-2)41(51)28(6)21-26(4)22-37(56-12)45(53)60-43/h14,16-19,21-22,27-36,38-44,49-52H,15,20,23-24H2,1-13H3,(H2,48,54)/b17-14+,19-16?,25-18+,26-21+,37-22-/t27-,28-,29-,30+,31+,32-,33?,34-,35-,36+,38-,39+,40+,41-,42-,43?,44-,47-/m1/s1. The molecule has 0 bridgehead atoms. The predicted molar refractivity (Wildman–Crippen MR) is 233 cm³/mol. The van der Waals surface area contributed by atoms with Crippen molar-refractivity contribution in [3.05, 3.63) is 59.4 Å². The zero-order chi connectivity index (χ0) is 46.6. The third-order valence-corrected chi connectivity index (χ3v) is 13.1. The van der Waals surface area contributed by atoms with E-state index in [1.165, 1.54) is 21.3 Å². The summed E-state index contributed by atoms with van der Waals surface area (Å²) in [5.41, 5.74) is 6.85. The molecule has 3 rings (SSSR count). The van der Waals surface area contributed by atoms with Crippen molar-refractivity contribution in [2.75, 3.05) is 21.3 Å². The van der Waals surface area contributed by atoms with Gasteiger partial charge in [0, 0.05) is 56.7 Å². The van der Waals surface area contributed by atoms with E-state index in [0.717, 1.165) is 5.57 Å². The molecular formula is C47H77NO14. The van der Waals surface area contributed by atoms with Gasteiger partial charge in [0.1, 0.15) is 12.2 Å². The molecule has 15 heteroatoms. The Morgan fingerprint density at radius 1 is 1.08 bits per heavy atom. The van der Waals surface area contributed by atoms with E-state index in [-0.39, 0.29) is 42.3 Å². The van der Waals surface area contributed by atoms with Crippen molar-refractivity contribution in [1.29, 1.82) is 0 Å². The number of amides is 1. The number of carbonyl (C=O) groups excluding carboxylic acids is 2. The summed E-state index contributed by atoms with van der Waals surface area (Å²) in [5, 5.41) is 46.0. The summed E-state index contributed by atoms with van der Waals surface area (Å²) in [6.45, 7) is 18.6. The summed E-state index contributed by atoms with van der Waals surface area (Å²) in [5.74, 6) is -4.96. The van der Waals surface area contributed by atoms with Gasteiger partial charge in [0.2, 0.25) is 5.76 Å². The first kappa shape index (κ1) is 53.2. The number of aliphatic hydroxyl groups is 4. The second-order valence-corrected chi connectivity index (χ2v) is 17.7. The number of allylic oxidation sites excluding steroid dienone is 6. The molecule has 2 saturated heterocycles. The van der Waals surface area contributed by atoms with Crippen LogP contribution in [-0.4, -0.2) is 127 Å². The average molecular weight is 880 g/mol. The molecule has 0 aromatic carbocycles. The smallest absolute Gasteiger partial charge is 0.404 e. The number of hydrogen-bond donors (Lipinski definition) is 5. The number of primary amides is 1. The fourth-order valence-corrected chi connectivity index (χ4v) is 9.24. The summed E-state index contributed by atoms with van der Waals surface area (Å²) >= 11 is 0. The van der Waals surface area contributed by atoms with Crippen LogP contribution < -0.4 is 5.73 Å². The molecule has 0 spiro atoms. The predicted octanol–water partition coefficient (Wildman–Crippen LogP) is 5.64. The number of aliphatic hydroxyl groups excluding tert-OH is 4. The van der Waals surface area contributed by atoms with E-state index >= 15 is 0 Å². The first-order valence-corrected chi connectivity index (χ1v) is 22.1. The van der Waals surface area contributed by atoms with Gasteiger partial charge in [-0.2, -0.15) is 0 Å². The van der Waals surface area contributed by atoms with Gasteiger partial charge in [-0.15, -0.1) is 0 Å². The summed E-state index contributed by atoms with van der Waals surface area (Å²) in [6, 6.07) is 0. The maximum Gasteiger partial charge on any atom is 0.404 e. The third kappa shape index (κ3) is 13.5. The van der Waals surface area contributed by atoms with Crippen LogP contribution in [0.2, 0.25) is 0 Å². The van der Waals surface area contributed by atoms with Crippen LogP contribution in [0.5, 0.6) is 0 Å². The van der Waals surface area contributed by atoms with E-state index in [0.29, 0.717) is 18.4 Å². The number of nitrogens with two attached hydrogens (primary N) is 1. The van der Waals surface area contributed by atoms with Crippen molar-refractivity contribution in [1.82, 2.24) is 0 Å². The Kier molecular flexibility index (Phi) is 20.8. The Hall–Kier alpha value is -3.12. The normalized spacial score (nSPS) is 41.2. The van der Waals surface area contributed by atoms with Crippen molar-refractivity contribution in [2.24, 2.45) is 41.2 Å². The van der Waals surface area contributed by atoms with Gasteiger partial charge in [-0.05, 0) is 52.5 Å². The molecule has 354 valence electrons.